The molecule has 1 atom stereocenters. The quantitative estimate of drug-likeness (QED) is 0.769. The lowest BCUT2D eigenvalue weighted by atomic mass is 10.0. The van der Waals surface area contributed by atoms with Crippen molar-refractivity contribution in [1.29, 1.82) is 0 Å². The molecular formula is C13H16N2O2. The minimum Gasteiger partial charge on any atom is -0.468 e. The van der Waals surface area contributed by atoms with Gasteiger partial charge in [0.1, 0.15) is 6.04 Å². The molecule has 0 saturated carbocycles. The number of anilines is 1. The van der Waals surface area contributed by atoms with Crippen LogP contribution in [0.1, 0.15) is 11.1 Å². The summed E-state index contributed by atoms with van der Waals surface area (Å²) < 4.78 is 4.60. The highest BCUT2D eigenvalue weighted by molar-refractivity contribution is 5.75. The fraction of sp³-hybridized carbons (Fsp3) is 0.308. The van der Waals surface area contributed by atoms with E-state index in [1.807, 2.05) is 12.1 Å². The summed E-state index contributed by atoms with van der Waals surface area (Å²) in [6.45, 7) is 3.89. The van der Waals surface area contributed by atoms with E-state index >= 15 is 0 Å². The van der Waals surface area contributed by atoms with Crippen LogP contribution >= 0.6 is 0 Å². The zero-order valence-corrected chi connectivity index (χ0v) is 9.82. The largest absolute Gasteiger partial charge is 0.468 e. The van der Waals surface area contributed by atoms with Crippen LogP contribution in [0.25, 0.3) is 0 Å². The predicted molar refractivity (Wildman–Crippen MR) is 66.6 cm³/mol. The first-order valence-electron chi connectivity index (χ1n) is 5.50. The molecule has 0 saturated heterocycles. The molecule has 1 aliphatic heterocycles. The molecule has 0 aromatic heterocycles. The molecule has 0 radical (unpaired) electrons. The number of esters is 1. The van der Waals surface area contributed by atoms with Crippen LogP contribution in [0.4, 0.5) is 5.69 Å². The van der Waals surface area contributed by atoms with Gasteiger partial charge in [-0.05, 0) is 23.6 Å². The summed E-state index contributed by atoms with van der Waals surface area (Å²) in [5, 5.41) is 3.19. The number of carbonyl (C=O) groups excluding carboxylic acids is 1. The van der Waals surface area contributed by atoms with Gasteiger partial charge in [-0.25, -0.2) is 0 Å². The molecule has 1 aromatic rings. The number of ether oxygens (including phenoxy) is 1. The number of nitrogens with one attached hydrogen (secondary N) is 1. The third-order valence-electron chi connectivity index (χ3n) is 2.84. The summed E-state index contributed by atoms with van der Waals surface area (Å²) in [6.07, 6.45) is 1.32. The molecular weight excluding hydrogens is 216 g/mol. The van der Waals surface area contributed by atoms with Gasteiger partial charge in [-0.2, -0.15) is 0 Å². The molecule has 3 N–H and O–H groups in total. The highest BCUT2D eigenvalue weighted by Crippen LogP contribution is 2.28. The zero-order valence-electron chi connectivity index (χ0n) is 9.82. The number of hydrogen-bond acceptors (Lipinski definition) is 4. The number of allylic oxidation sites excluding steroid dienone is 1. The monoisotopic (exact) mass is 232 g/mol. The van der Waals surface area contributed by atoms with Crippen molar-refractivity contribution in [1.82, 2.24) is 0 Å². The summed E-state index contributed by atoms with van der Waals surface area (Å²) >= 11 is 0. The maximum Gasteiger partial charge on any atom is 0.322 e. The molecule has 4 nitrogen and oxygen atoms in total. The SMILES string of the molecule is C=C1Cc2cc(C[C@@H](N)C(=O)OC)ccc2N1. The molecule has 17 heavy (non-hydrogen) atoms. The van der Waals surface area contributed by atoms with Crippen LogP contribution < -0.4 is 11.1 Å². The number of hydrogen-bond donors (Lipinski definition) is 2. The van der Waals surface area contributed by atoms with E-state index in [0.29, 0.717) is 6.42 Å². The normalized spacial score (nSPS) is 15.1. The van der Waals surface area contributed by atoms with Gasteiger partial charge in [-0.1, -0.05) is 18.7 Å². The van der Waals surface area contributed by atoms with E-state index in [4.69, 9.17) is 5.73 Å². The first-order valence-corrected chi connectivity index (χ1v) is 5.50. The Morgan fingerprint density at radius 3 is 3.12 bits per heavy atom. The maximum absolute atomic E-state index is 11.2. The zero-order chi connectivity index (χ0) is 12.4. The van der Waals surface area contributed by atoms with E-state index in [0.717, 1.165) is 23.4 Å². The Kier molecular flexibility index (Phi) is 3.15. The van der Waals surface area contributed by atoms with Crippen molar-refractivity contribution in [3.8, 4) is 0 Å². The van der Waals surface area contributed by atoms with Crippen LogP contribution in [0, 0.1) is 0 Å². The van der Waals surface area contributed by atoms with Crippen LogP contribution in [-0.4, -0.2) is 19.1 Å². The topological polar surface area (TPSA) is 64.4 Å². The number of methoxy groups -OCH3 is 1. The summed E-state index contributed by atoms with van der Waals surface area (Å²) in [6, 6.07) is 5.42. The maximum atomic E-state index is 11.2. The van der Waals surface area contributed by atoms with Gasteiger partial charge in [0.15, 0.2) is 0 Å². The van der Waals surface area contributed by atoms with Gasteiger partial charge in [0.25, 0.3) is 0 Å². The Labute approximate surface area is 100 Å². The average molecular weight is 232 g/mol. The smallest absolute Gasteiger partial charge is 0.322 e. The van der Waals surface area contributed by atoms with Crippen LogP contribution in [0.2, 0.25) is 0 Å². The van der Waals surface area contributed by atoms with E-state index in [-0.39, 0.29) is 5.97 Å². The van der Waals surface area contributed by atoms with E-state index in [1.165, 1.54) is 12.7 Å². The molecule has 0 bridgehead atoms. The van der Waals surface area contributed by atoms with E-state index in [1.54, 1.807) is 0 Å². The third-order valence-corrected chi connectivity index (χ3v) is 2.84. The van der Waals surface area contributed by atoms with Crippen molar-refractivity contribution in [2.75, 3.05) is 12.4 Å². The number of benzene rings is 1. The Morgan fingerprint density at radius 1 is 1.65 bits per heavy atom. The molecule has 1 aliphatic rings. The molecule has 1 aromatic carbocycles. The lowest BCUT2D eigenvalue weighted by Gasteiger charge is -2.10. The number of rotatable bonds is 3. The molecule has 0 fully saturated rings. The highest BCUT2D eigenvalue weighted by atomic mass is 16.5. The van der Waals surface area contributed by atoms with Crippen LogP contribution in [0.5, 0.6) is 0 Å². The fourth-order valence-corrected chi connectivity index (χ4v) is 2.00. The molecule has 0 unspecified atom stereocenters. The summed E-state index contributed by atoms with van der Waals surface area (Å²) in [5.41, 5.74) is 10.0. The molecule has 0 aliphatic carbocycles. The van der Waals surface area contributed by atoms with Gasteiger partial charge in [-0.15, -0.1) is 0 Å². The van der Waals surface area contributed by atoms with Crippen LogP contribution in [0.3, 0.4) is 0 Å². The van der Waals surface area contributed by atoms with Gasteiger partial charge < -0.3 is 15.8 Å². The Morgan fingerprint density at radius 2 is 2.41 bits per heavy atom. The molecule has 90 valence electrons. The van der Waals surface area contributed by atoms with Crippen molar-refractivity contribution in [2.45, 2.75) is 18.9 Å². The first-order chi connectivity index (χ1) is 8.10. The van der Waals surface area contributed by atoms with Crippen molar-refractivity contribution in [2.24, 2.45) is 5.73 Å². The van der Waals surface area contributed by atoms with Gasteiger partial charge in [0.2, 0.25) is 0 Å². The summed E-state index contributed by atoms with van der Waals surface area (Å²) in [4.78, 5) is 11.2. The van der Waals surface area contributed by atoms with Crippen LogP contribution in [0.15, 0.2) is 30.5 Å². The molecule has 0 spiro atoms. The lowest BCUT2D eigenvalue weighted by molar-refractivity contribution is -0.142. The van der Waals surface area contributed by atoms with E-state index in [2.05, 4.69) is 22.7 Å². The molecule has 1 heterocycles. The number of fused-ring (bicyclic) bond motifs is 1. The van der Waals surface area contributed by atoms with Gasteiger partial charge in [0.05, 0.1) is 7.11 Å². The van der Waals surface area contributed by atoms with Gasteiger partial charge in [-0.3, -0.25) is 4.79 Å². The van der Waals surface area contributed by atoms with Gasteiger partial charge in [0, 0.05) is 17.8 Å². The minimum absolute atomic E-state index is 0.381. The Bertz CT molecular complexity index is 468. The predicted octanol–water partition coefficient (Wildman–Crippen LogP) is 1.21. The fourth-order valence-electron chi connectivity index (χ4n) is 2.00. The molecule has 4 heteroatoms. The van der Waals surface area contributed by atoms with Gasteiger partial charge >= 0.3 is 5.97 Å². The van der Waals surface area contributed by atoms with E-state index in [9.17, 15) is 4.79 Å². The van der Waals surface area contributed by atoms with Crippen molar-refractivity contribution in [3.05, 3.63) is 41.6 Å². The van der Waals surface area contributed by atoms with E-state index < -0.39 is 6.04 Å². The second-order valence-electron chi connectivity index (χ2n) is 4.23. The third kappa shape index (κ3) is 2.47. The van der Waals surface area contributed by atoms with Crippen LogP contribution in [-0.2, 0) is 22.4 Å². The molecule has 0 amide bonds. The summed E-state index contributed by atoms with van der Waals surface area (Å²) in [5.74, 6) is -0.381. The van der Waals surface area contributed by atoms with Crippen molar-refractivity contribution >= 4 is 11.7 Å². The average Bonchev–Trinajstić information content (AvgIpc) is 2.67. The molecule has 2 rings (SSSR count). The van der Waals surface area contributed by atoms with Crippen molar-refractivity contribution in [3.63, 3.8) is 0 Å². The second-order valence-corrected chi connectivity index (χ2v) is 4.23. The number of nitrogens with two attached hydrogens (primary N) is 1. The second kappa shape index (κ2) is 4.59. The Hall–Kier alpha value is -1.81. The van der Waals surface area contributed by atoms with Crippen molar-refractivity contribution < 1.29 is 9.53 Å². The summed E-state index contributed by atoms with van der Waals surface area (Å²) in [7, 11) is 1.35. The lowest BCUT2D eigenvalue weighted by Crippen LogP contribution is -2.33. The highest BCUT2D eigenvalue weighted by Gasteiger charge is 2.17. The first kappa shape index (κ1) is 11.7. The Balaban J connectivity index is 2.11. The minimum atomic E-state index is -0.601. The standard InChI is InChI=1S/C13H16N2O2/c1-8-5-10-6-9(3-4-12(10)15-8)7-11(14)13(16)17-2/h3-4,6,11,15H,1,5,7,14H2,2H3/t11-/m1/s1. The number of carbonyl (C=O) groups is 1.